The van der Waals surface area contributed by atoms with Crippen molar-refractivity contribution >= 4 is 16.6 Å². The van der Waals surface area contributed by atoms with E-state index < -0.39 is 0 Å². The van der Waals surface area contributed by atoms with Crippen molar-refractivity contribution in [3.63, 3.8) is 0 Å². The molecule has 0 saturated heterocycles. The first-order valence-electron chi connectivity index (χ1n) is 6.89. The molecule has 20 heavy (non-hydrogen) atoms. The van der Waals surface area contributed by atoms with Gasteiger partial charge in [-0.2, -0.15) is 0 Å². The number of imidazole rings is 1. The quantitative estimate of drug-likeness (QED) is 0.762. The second kappa shape index (κ2) is 4.67. The van der Waals surface area contributed by atoms with E-state index in [4.69, 9.17) is 10.7 Å². The lowest BCUT2D eigenvalue weighted by Crippen LogP contribution is -2.02. The van der Waals surface area contributed by atoms with Crippen molar-refractivity contribution in [3.8, 4) is 11.3 Å². The molecule has 1 aromatic heterocycles. The summed E-state index contributed by atoms with van der Waals surface area (Å²) in [5.41, 5.74) is 8.17. The fourth-order valence-corrected chi connectivity index (χ4v) is 2.59. The van der Waals surface area contributed by atoms with E-state index in [0.29, 0.717) is 5.92 Å². The highest BCUT2D eigenvalue weighted by Crippen LogP contribution is 2.30. The lowest BCUT2D eigenvalue weighted by Gasteiger charge is -2.04. The number of nitrogens with two attached hydrogens (primary N) is 1. The van der Waals surface area contributed by atoms with E-state index in [2.05, 4.69) is 44.2 Å². The monoisotopic (exact) mass is 265 g/mol. The minimum atomic E-state index is 0.358. The molecule has 0 amide bonds. The maximum atomic E-state index is 6.22. The van der Waals surface area contributed by atoms with E-state index in [0.717, 1.165) is 22.9 Å². The van der Waals surface area contributed by atoms with Gasteiger partial charge in [0.1, 0.15) is 17.3 Å². The Morgan fingerprint density at radius 2 is 1.75 bits per heavy atom. The summed E-state index contributed by atoms with van der Waals surface area (Å²) in [6.07, 6.45) is 0. The summed E-state index contributed by atoms with van der Waals surface area (Å²) in [5, 5.41) is 2.44. The van der Waals surface area contributed by atoms with E-state index in [1.165, 1.54) is 10.8 Å². The minimum absolute atomic E-state index is 0.358. The number of hydrogen-bond donors (Lipinski definition) is 1. The number of hydrogen-bond acceptors (Lipinski definition) is 2. The molecular weight excluding hydrogens is 246 g/mol. The molecule has 2 aromatic carbocycles. The molecule has 0 spiro atoms. The van der Waals surface area contributed by atoms with E-state index in [1.54, 1.807) is 0 Å². The molecule has 3 nitrogen and oxygen atoms in total. The highest BCUT2D eigenvalue weighted by atomic mass is 15.1. The molecule has 0 aliphatic rings. The van der Waals surface area contributed by atoms with Gasteiger partial charge in [0.15, 0.2) is 0 Å². The maximum absolute atomic E-state index is 6.22. The summed E-state index contributed by atoms with van der Waals surface area (Å²) in [6.45, 7) is 4.26. The van der Waals surface area contributed by atoms with E-state index in [1.807, 2.05) is 23.7 Å². The van der Waals surface area contributed by atoms with Gasteiger partial charge in [-0.05, 0) is 16.8 Å². The van der Waals surface area contributed by atoms with Crippen LogP contribution in [0.15, 0.2) is 42.5 Å². The van der Waals surface area contributed by atoms with Gasteiger partial charge in [-0.3, -0.25) is 0 Å². The van der Waals surface area contributed by atoms with Gasteiger partial charge in [0.25, 0.3) is 0 Å². The standard InChI is InChI=1S/C17H19N3/c1-11(2)17-19-15(16(18)20(17)3)14-9-8-12-6-4-5-7-13(12)10-14/h4-11H,18H2,1-3H3. The first-order valence-corrected chi connectivity index (χ1v) is 6.89. The van der Waals surface area contributed by atoms with Gasteiger partial charge < -0.3 is 10.3 Å². The first-order chi connectivity index (χ1) is 9.58. The smallest absolute Gasteiger partial charge is 0.131 e. The number of rotatable bonds is 2. The second-order valence-electron chi connectivity index (χ2n) is 5.48. The van der Waals surface area contributed by atoms with Crippen molar-refractivity contribution in [2.75, 3.05) is 5.73 Å². The molecule has 3 heteroatoms. The predicted octanol–water partition coefficient (Wildman–Crippen LogP) is 3.95. The average molecular weight is 265 g/mol. The maximum Gasteiger partial charge on any atom is 0.131 e. The van der Waals surface area contributed by atoms with Crippen molar-refractivity contribution in [2.24, 2.45) is 7.05 Å². The zero-order valence-corrected chi connectivity index (χ0v) is 12.1. The Hall–Kier alpha value is -2.29. The van der Waals surface area contributed by atoms with Crippen molar-refractivity contribution in [2.45, 2.75) is 19.8 Å². The van der Waals surface area contributed by atoms with E-state index >= 15 is 0 Å². The molecule has 0 fully saturated rings. The van der Waals surface area contributed by atoms with Gasteiger partial charge in [0.05, 0.1) is 0 Å². The third-order valence-corrected chi connectivity index (χ3v) is 3.71. The van der Waals surface area contributed by atoms with Crippen molar-refractivity contribution in [1.29, 1.82) is 0 Å². The highest BCUT2D eigenvalue weighted by Gasteiger charge is 2.15. The lowest BCUT2D eigenvalue weighted by atomic mass is 10.1. The van der Waals surface area contributed by atoms with Gasteiger partial charge in [0, 0.05) is 18.5 Å². The van der Waals surface area contributed by atoms with Crippen LogP contribution in [0.2, 0.25) is 0 Å². The van der Waals surface area contributed by atoms with Crippen LogP contribution >= 0.6 is 0 Å². The molecule has 0 unspecified atom stereocenters. The van der Waals surface area contributed by atoms with E-state index in [-0.39, 0.29) is 0 Å². The van der Waals surface area contributed by atoms with Crippen molar-refractivity contribution in [1.82, 2.24) is 9.55 Å². The first kappa shape index (κ1) is 12.7. The summed E-state index contributed by atoms with van der Waals surface area (Å²) in [4.78, 5) is 4.72. The Morgan fingerprint density at radius 1 is 1.05 bits per heavy atom. The second-order valence-corrected chi connectivity index (χ2v) is 5.48. The fourth-order valence-electron chi connectivity index (χ4n) is 2.59. The van der Waals surface area contributed by atoms with Crippen LogP contribution in [0.1, 0.15) is 25.6 Å². The molecule has 1 heterocycles. The van der Waals surface area contributed by atoms with Gasteiger partial charge in [-0.15, -0.1) is 0 Å². The Labute approximate surface area is 119 Å². The summed E-state index contributed by atoms with van der Waals surface area (Å²) in [5.74, 6) is 2.10. The SMILES string of the molecule is CC(C)c1nc(-c2ccc3ccccc3c2)c(N)n1C. The zero-order valence-electron chi connectivity index (χ0n) is 12.1. The summed E-state index contributed by atoms with van der Waals surface area (Å²) in [6, 6.07) is 14.7. The molecule has 0 atom stereocenters. The van der Waals surface area contributed by atoms with Gasteiger partial charge in [0.2, 0.25) is 0 Å². The molecule has 0 radical (unpaired) electrons. The summed E-state index contributed by atoms with van der Waals surface area (Å²) < 4.78 is 1.98. The molecule has 2 N–H and O–H groups in total. The number of fused-ring (bicyclic) bond motifs is 1. The van der Waals surface area contributed by atoms with Crippen LogP contribution in [0.25, 0.3) is 22.0 Å². The topological polar surface area (TPSA) is 43.8 Å². The van der Waals surface area contributed by atoms with Crippen molar-refractivity contribution in [3.05, 3.63) is 48.3 Å². The lowest BCUT2D eigenvalue weighted by molar-refractivity contribution is 0.715. The van der Waals surface area contributed by atoms with Gasteiger partial charge >= 0.3 is 0 Å². The third-order valence-electron chi connectivity index (χ3n) is 3.71. The zero-order chi connectivity index (χ0) is 14.3. The molecule has 3 rings (SSSR count). The molecular formula is C17H19N3. The number of nitrogen functional groups attached to an aromatic ring is 1. The molecule has 0 bridgehead atoms. The summed E-state index contributed by atoms with van der Waals surface area (Å²) in [7, 11) is 1.97. The van der Waals surface area contributed by atoms with Crippen LogP contribution in [0, 0.1) is 0 Å². The molecule has 0 aliphatic heterocycles. The molecule has 0 aliphatic carbocycles. The molecule has 3 aromatic rings. The van der Waals surface area contributed by atoms with Crippen LogP contribution < -0.4 is 5.73 Å². The Balaban J connectivity index is 2.18. The highest BCUT2D eigenvalue weighted by molar-refractivity contribution is 5.88. The van der Waals surface area contributed by atoms with Crippen LogP contribution in [0.3, 0.4) is 0 Å². The number of anilines is 1. The third kappa shape index (κ3) is 1.95. The predicted molar refractivity (Wildman–Crippen MR) is 84.7 cm³/mol. The summed E-state index contributed by atoms with van der Waals surface area (Å²) >= 11 is 0. The average Bonchev–Trinajstić information content (AvgIpc) is 2.75. The number of nitrogens with zero attached hydrogens (tertiary/aromatic N) is 2. The molecule has 102 valence electrons. The van der Waals surface area contributed by atoms with Gasteiger partial charge in [-0.25, -0.2) is 4.98 Å². The van der Waals surface area contributed by atoms with Crippen molar-refractivity contribution < 1.29 is 0 Å². The van der Waals surface area contributed by atoms with Crippen LogP contribution in [0.4, 0.5) is 5.82 Å². The number of aromatic nitrogens is 2. The Bertz CT molecular complexity index is 769. The van der Waals surface area contributed by atoms with Crippen LogP contribution in [-0.2, 0) is 7.05 Å². The van der Waals surface area contributed by atoms with Crippen LogP contribution in [-0.4, -0.2) is 9.55 Å². The van der Waals surface area contributed by atoms with Crippen LogP contribution in [0.5, 0.6) is 0 Å². The van der Waals surface area contributed by atoms with Gasteiger partial charge in [-0.1, -0.05) is 50.2 Å². The largest absolute Gasteiger partial charge is 0.383 e. The molecule has 0 saturated carbocycles. The number of benzene rings is 2. The minimum Gasteiger partial charge on any atom is -0.383 e. The normalized spacial score (nSPS) is 11.4. The van der Waals surface area contributed by atoms with E-state index in [9.17, 15) is 0 Å². The Kier molecular flexibility index (Phi) is 2.97. The Morgan fingerprint density at radius 3 is 2.40 bits per heavy atom. The fraction of sp³-hybridized carbons (Fsp3) is 0.235.